The van der Waals surface area contributed by atoms with Crippen LogP contribution in [0, 0.1) is 5.92 Å². The Balaban J connectivity index is 1.62. The fourth-order valence-corrected chi connectivity index (χ4v) is 2.56. The second-order valence-electron chi connectivity index (χ2n) is 5.52. The summed E-state index contributed by atoms with van der Waals surface area (Å²) in [5.41, 5.74) is 0. The quantitative estimate of drug-likeness (QED) is 0.593. The van der Waals surface area contributed by atoms with E-state index >= 15 is 0 Å². The summed E-state index contributed by atoms with van der Waals surface area (Å²) >= 11 is 0. The number of rotatable bonds is 5. The van der Waals surface area contributed by atoms with E-state index in [1.807, 2.05) is 0 Å². The molecule has 2 rings (SSSR count). The van der Waals surface area contributed by atoms with E-state index in [1.54, 1.807) is 7.05 Å². The third-order valence-electron chi connectivity index (χ3n) is 3.94. The zero-order chi connectivity index (χ0) is 13.7. The van der Waals surface area contributed by atoms with Gasteiger partial charge in [-0.05, 0) is 31.8 Å². The molecule has 0 aromatic heterocycles. The van der Waals surface area contributed by atoms with Crippen LogP contribution in [0.15, 0.2) is 0 Å². The van der Waals surface area contributed by atoms with Crippen molar-refractivity contribution in [2.75, 3.05) is 39.8 Å². The van der Waals surface area contributed by atoms with E-state index in [0.29, 0.717) is 18.9 Å². The highest BCUT2D eigenvalue weighted by Crippen LogP contribution is 2.12. The lowest BCUT2D eigenvalue weighted by atomic mass is 9.98. The van der Waals surface area contributed by atoms with Gasteiger partial charge in [-0.3, -0.25) is 14.5 Å². The van der Waals surface area contributed by atoms with Crippen molar-refractivity contribution in [3.63, 3.8) is 0 Å². The predicted octanol–water partition coefficient (Wildman–Crippen LogP) is -1.08. The van der Waals surface area contributed by atoms with Crippen molar-refractivity contribution < 1.29 is 9.59 Å². The van der Waals surface area contributed by atoms with E-state index in [-0.39, 0.29) is 17.9 Å². The fraction of sp³-hybridized carbons (Fsp3) is 0.846. The molecule has 6 heteroatoms. The van der Waals surface area contributed by atoms with Crippen molar-refractivity contribution in [1.29, 1.82) is 0 Å². The molecule has 0 unspecified atom stereocenters. The summed E-state index contributed by atoms with van der Waals surface area (Å²) in [5.74, 6) is 0.754. The molecule has 2 saturated heterocycles. The van der Waals surface area contributed by atoms with E-state index in [1.165, 1.54) is 0 Å². The number of likely N-dealkylation sites (tertiary alicyclic amines) is 1. The number of carbonyl (C=O) groups is 2. The zero-order valence-electron chi connectivity index (χ0n) is 11.6. The molecular weight excluding hydrogens is 244 g/mol. The van der Waals surface area contributed by atoms with Gasteiger partial charge in [0.2, 0.25) is 11.8 Å². The highest BCUT2D eigenvalue weighted by atomic mass is 16.2. The average Bonchev–Trinajstić information content (AvgIpc) is 2.36. The van der Waals surface area contributed by atoms with Crippen LogP contribution in [0.1, 0.15) is 19.3 Å². The average molecular weight is 268 g/mol. The number of likely N-dealkylation sites (N-methyl/N-ethyl adjacent to an activating group) is 1. The summed E-state index contributed by atoms with van der Waals surface area (Å²) in [5, 5.41) is 8.92. The Morgan fingerprint density at radius 2 is 1.89 bits per heavy atom. The van der Waals surface area contributed by atoms with Gasteiger partial charge in [0, 0.05) is 32.6 Å². The number of hydrogen-bond acceptors (Lipinski definition) is 4. The third-order valence-corrected chi connectivity index (χ3v) is 3.94. The summed E-state index contributed by atoms with van der Waals surface area (Å²) in [6.07, 6.45) is 2.52. The Morgan fingerprint density at radius 3 is 2.42 bits per heavy atom. The molecule has 108 valence electrons. The molecule has 2 amide bonds. The van der Waals surface area contributed by atoms with Crippen LogP contribution in [0.5, 0.6) is 0 Å². The SMILES string of the molecule is CNC(=O)CN1CCC(NC(=O)CC2CNC2)CC1. The monoisotopic (exact) mass is 268 g/mol. The summed E-state index contributed by atoms with van der Waals surface area (Å²) < 4.78 is 0. The van der Waals surface area contributed by atoms with Gasteiger partial charge in [-0.1, -0.05) is 0 Å². The molecule has 6 nitrogen and oxygen atoms in total. The van der Waals surface area contributed by atoms with Crippen LogP contribution in [0.3, 0.4) is 0 Å². The van der Waals surface area contributed by atoms with Crippen LogP contribution < -0.4 is 16.0 Å². The second kappa shape index (κ2) is 6.86. The van der Waals surface area contributed by atoms with Gasteiger partial charge in [0.05, 0.1) is 6.54 Å². The molecule has 0 spiro atoms. The van der Waals surface area contributed by atoms with Gasteiger partial charge in [0.15, 0.2) is 0 Å². The van der Waals surface area contributed by atoms with E-state index in [4.69, 9.17) is 0 Å². The topological polar surface area (TPSA) is 73.5 Å². The zero-order valence-corrected chi connectivity index (χ0v) is 11.6. The molecule has 2 fully saturated rings. The molecule has 3 N–H and O–H groups in total. The Morgan fingerprint density at radius 1 is 1.21 bits per heavy atom. The number of hydrogen-bond donors (Lipinski definition) is 3. The van der Waals surface area contributed by atoms with Crippen LogP contribution in [0.25, 0.3) is 0 Å². The first kappa shape index (κ1) is 14.3. The maximum atomic E-state index is 11.8. The first-order valence-corrected chi connectivity index (χ1v) is 7.10. The van der Waals surface area contributed by atoms with Crippen LogP contribution in [0.2, 0.25) is 0 Å². The lowest BCUT2D eigenvalue weighted by Crippen LogP contribution is -2.49. The molecule has 0 atom stereocenters. The molecule has 0 radical (unpaired) electrons. The van der Waals surface area contributed by atoms with Crippen LogP contribution in [0.4, 0.5) is 0 Å². The Bertz CT molecular complexity index is 323. The fourth-order valence-electron chi connectivity index (χ4n) is 2.56. The van der Waals surface area contributed by atoms with Gasteiger partial charge >= 0.3 is 0 Å². The molecule has 0 aromatic carbocycles. The van der Waals surface area contributed by atoms with E-state index in [9.17, 15) is 9.59 Å². The first-order chi connectivity index (χ1) is 9.17. The minimum absolute atomic E-state index is 0.0555. The largest absolute Gasteiger partial charge is 0.358 e. The van der Waals surface area contributed by atoms with Crippen LogP contribution >= 0.6 is 0 Å². The van der Waals surface area contributed by atoms with Crippen molar-refractivity contribution in [1.82, 2.24) is 20.9 Å². The smallest absolute Gasteiger partial charge is 0.233 e. The van der Waals surface area contributed by atoms with Crippen molar-refractivity contribution in [3.8, 4) is 0 Å². The molecule has 0 aromatic rings. The number of nitrogens with one attached hydrogen (secondary N) is 3. The Hall–Kier alpha value is -1.14. The molecular formula is C13H24N4O2. The van der Waals surface area contributed by atoms with Gasteiger partial charge in [-0.15, -0.1) is 0 Å². The second-order valence-corrected chi connectivity index (χ2v) is 5.52. The number of nitrogens with zero attached hydrogens (tertiary/aromatic N) is 1. The minimum Gasteiger partial charge on any atom is -0.358 e. The van der Waals surface area contributed by atoms with Gasteiger partial charge in [-0.25, -0.2) is 0 Å². The molecule has 19 heavy (non-hydrogen) atoms. The number of amides is 2. The standard InChI is InChI=1S/C13H24N4O2/c1-14-13(19)9-17-4-2-11(3-5-17)16-12(18)6-10-7-15-8-10/h10-11,15H,2-9H2,1H3,(H,14,19)(H,16,18). The van der Waals surface area contributed by atoms with Crippen molar-refractivity contribution in [3.05, 3.63) is 0 Å². The van der Waals surface area contributed by atoms with Gasteiger partial charge in [-0.2, -0.15) is 0 Å². The first-order valence-electron chi connectivity index (χ1n) is 7.10. The third kappa shape index (κ3) is 4.47. The van der Waals surface area contributed by atoms with Gasteiger partial charge in [0.25, 0.3) is 0 Å². The van der Waals surface area contributed by atoms with Crippen molar-refractivity contribution in [2.24, 2.45) is 5.92 Å². The molecule has 0 aliphatic carbocycles. The number of piperidine rings is 1. The highest BCUT2D eigenvalue weighted by Gasteiger charge is 2.24. The molecule has 2 aliphatic rings. The van der Waals surface area contributed by atoms with Gasteiger partial charge in [0.1, 0.15) is 0 Å². The lowest BCUT2D eigenvalue weighted by molar-refractivity contribution is -0.124. The van der Waals surface area contributed by atoms with Crippen LogP contribution in [-0.2, 0) is 9.59 Å². The summed E-state index contributed by atoms with van der Waals surface area (Å²) in [4.78, 5) is 25.2. The van der Waals surface area contributed by atoms with Crippen molar-refractivity contribution >= 4 is 11.8 Å². The minimum atomic E-state index is 0.0555. The number of carbonyl (C=O) groups excluding carboxylic acids is 2. The predicted molar refractivity (Wildman–Crippen MR) is 72.6 cm³/mol. The van der Waals surface area contributed by atoms with E-state index < -0.39 is 0 Å². The molecule has 0 bridgehead atoms. The molecule has 0 saturated carbocycles. The normalized spacial score (nSPS) is 21.7. The van der Waals surface area contributed by atoms with Crippen molar-refractivity contribution in [2.45, 2.75) is 25.3 Å². The summed E-state index contributed by atoms with van der Waals surface area (Å²) in [7, 11) is 1.66. The highest BCUT2D eigenvalue weighted by molar-refractivity contribution is 5.77. The summed E-state index contributed by atoms with van der Waals surface area (Å²) in [6.45, 7) is 4.16. The van der Waals surface area contributed by atoms with Crippen LogP contribution in [-0.4, -0.2) is 62.5 Å². The maximum Gasteiger partial charge on any atom is 0.233 e. The van der Waals surface area contributed by atoms with E-state index in [0.717, 1.165) is 39.0 Å². The van der Waals surface area contributed by atoms with E-state index in [2.05, 4.69) is 20.9 Å². The molecule has 2 heterocycles. The Kier molecular flexibility index (Phi) is 5.15. The molecule has 2 aliphatic heterocycles. The Labute approximate surface area is 114 Å². The lowest BCUT2D eigenvalue weighted by Gasteiger charge is -2.32. The maximum absolute atomic E-state index is 11.8. The van der Waals surface area contributed by atoms with Gasteiger partial charge < -0.3 is 16.0 Å². The summed E-state index contributed by atoms with van der Waals surface area (Å²) in [6, 6.07) is 0.279.